The van der Waals surface area contributed by atoms with Gasteiger partial charge in [-0.1, -0.05) is 17.3 Å². The Labute approximate surface area is 161 Å². The predicted molar refractivity (Wildman–Crippen MR) is 100 cm³/mol. The first-order chi connectivity index (χ1) is 13.5. The maximum Gasteiger partial charge on any atom is 0.257 e. The van der Waals surface area contributed by atoms with E-state index in [4.69, 9.17) is 9.26 Å². The zero-order chi connectivity index (χ0) is 19.7. The van der Waals surface area contributed by atoms with Crippen LogP contribution in [0.3, 0.4) is 0 Å². The molecule has 6 nitrogen and oxygen atoms in total. The molecule has 2 aromatic carbocycles. The van der Waals surface area contributed by atoms with Crippen molar-refractivity contribution in [2.24, 2.45) is 0 Å². The van der Waals surface area contributed by atoms with Crippen LogP contribution in [0.25, 0.3) is 11.5 Å². The first-order valence-electron chi connectivity index (χ1n) is 9.08. The van der Waals surface area contributed by atoms with E-state index in [2.05, 4.69) is 10.1 Å². The molecule has 3 aromatic rings. The molecule has 2 heterocycles. The maximum absolute atomic E-state index is 13.2. The molecule has 0 N–H and O–H groups in total. The van der Waals surface area contributed by atoms with Crippen molar-refractivity contribution < 1.29 is 18.4 Å². The van der Waals surface area contributed by atoms with Crippen molar-refractivity contribution in [2.75, 3.05) is 13.7 Å². The molecule has 1 amide bonds. The third-order valence-electron chi connectivity index (χ3n) is 5.12. The second-order valence-electron chi connectivity index (χ2n) is 6.86. The third-order valence-corrected chi connectivity index (χ3v) is 5.12. The van der Waals surface area contributed by atoms with Crippen LogP contribution in [0.4, 0.5) is 4.39 Å². The van der Waals surface area contributed by atoms with Crippen molar-refractivity contribution in [1.82, 2.24) is 15.0 Å². The van der Waals surface area contributed by atoms with Crippen LogP contribution in [0.5, 0.6) is 5.75 Å². The zero-order valence-electron chi connectivity index (χ0n) is 15.6. The monoisotopic (exact) mass is 381 g/mol. The molecule has 1 aliphatic rings. The van der Waals surface area contributed by atoms with Crippen molar-refractivity contribution in [3.05, 3.63) is 65.7 Å². The summed E-state index contributed by atoms with van der Waals surface area (Å²) in [7, 11) is 1.61. The van der Waals surface area contributed by atoms with Crippen LogP contribution in [0.15, 0.2) is 53.1 Å². The number of carbonyl (C=O) groups excluding carboxylic acids is 1. The topological polar surface area (TPSA) is 68.5 Å². The average Bonchev–Trinajstić information content (AvgIpc) is 3.35. The van der Waals surface area contributed by atoms with Gasteiger partial charge in [-0.25, -0.2) is 4.39 Å². The Morgan fingerprint density at radius 3 is 2.57 bits per heavy atom. The van der Waals surface area contributed by atoms with Crippen molar-refractivity contribution in [2.45, 2.75) is 25.3 Å². The Morgan fingerprint density at radius 2 is 1.89 bits per heavy atom. The van der Waals surface area contributed by atoms with Crippen molar-refractivity contribution in [1.29, 1.82) is 0 Å². The van der Waals surface area contributed by atoms with Crippen molar-refractivity contribution in [3.63, 3.8) is 0 Å². The molecule has 7 heteroatoms. The molecular formula is C21H20FN3O3. The standard InChI is InChI=1S/C21H20FN3O3/c1-13(14-3-7-17(22)8-4-14)25-12-16(11-19(25)26)20-23-21(28-24-20)15-5-9-18(27-2)10-6-15/h3-10,13,16H,11-12H2,1-2H3. The molecule has 0 saturated carbocycles. The summed E-state index contributed by atoms with van der Waals surface area (Å²) in [6, 6.07) is 13.4. The van der Waals surface area contributed by atoms with E-state index in [1.54, 1.807) is 24.1 Å². The van der Waals surface area contributed by atoms with Crippen LogP contribution < -0.4 is 4.74 Å². The number of halogens is 1. The Balaban J connectivity index is 1.49. The highest BCUT2D eigenvalue weighted by molar-refractivity contribution is 5.80. The zero-order valence-corrected chi connectivity index (χ0v) is 15.6. The van der Waals surface area contributed by atoms with E-state index in [0.29, 0.717) is 24.7 Å². The molecule has 1 aromatic heterocycles. The molecule has 2 atom stereocenters. The third kappa shape index (κ3) is 3.47. The molecule has 1 aliphatic heterocycles. The van der Waals surface area contributed by atoms with E-state index in [0.717, 1.165) is 16.9 Å². The number of methoxy groups -OCH3 is 1. The summed E-state index contributed by atoms with van der Waals surface area (Å²) < 4.78 is 23.7. The summed E-state index contributed by atoms with van der Waals surface area (Å²) in [5.41, 5.74) is 1.68. The Bertz CT molecular complexity index is 969. The molecule has 4 rings (SSSR count). The smallest absolute Gasteiger partial charge is 0.257 e. The van der Waals surface area contributed by atoms with Gasteiger partial charge in [0, 0.05) is 24.4 Å². The van der Waals surface area contributed by atoms with Crippen LogP contribution in [-0.4, -0.2) is 34.6 Å². The summed E-state index contributed by atoms with van der Waals surface area (Å²) >= 11 is 0. The van der Waals surface area contributed by atoms with Crippen LogP contribution in [-0.2, 0) is 4.79 Å². The summed E-state index contributed by atoms with van der Waals surface area (Å²) in [4.78, 5) is 18.8. The second kappa shape index (κ2) is 7.42. The predicted octanol–water partition coefficient (Wildman–Crippen LogP) is 3.96. The van der Waals surface area contributed by atoms with Crippen LogP contribution in [0.1, 0.15) is 36.7 Å². The average molecular weight is 381 g/mol. The van der Waals surface area contributed by atoms with Gasteiger partial charge < -0.3 is 14.2 Å². The SMILES string of the molecule is COc1ccc(-c2nc(C3CC(=O)N(C(C)c4ccc(F)cc4)C3)no2)cc1. The molecule has 1 saturated heterocycles. The fourth-order valence-electron chi connectivity index (χ4n) is 3.45. The minimum Gasteiger partial charge on any atom is -0.497 e. The number of nitrogens with zero attached hydrogens (tertiary/aromatic N) is 3. The maximum atomic E-state index is 13.2. The molecule has 28 heavy (non-hydrogen) atoms. The highest BCUT2D eigenvalue weighted by Crippen LogP contribution is 2.33. The normalized spacial score (nSPS) is 17.8. The van der Waals surface area contributed by atoms with Gasteiger partial charge in [0.1, 0.15) is 11.6 Å². The number of amides is 1. The van der Waals surface area contributed by atoms with Gasteiger partial charge in [0.2, 0.25) is 5.91 Å². The molecule has 0 radical (unpaired) electrons. The van der Waals surface area contributed by atoms with Gasteiger partial charge >= 0.3 is 0 Å². The van der Waals surface area contributed by atoms with Gasteiger partial charge in [-0.3, -0.25) is 4.79 Å². The minimum absolute atomic E-state index is 0.0256. The lowest BCUT2D eigenvalue weighted by Crippen LogP contribution is -2.28. The van der Waals surface area contributed by atoms with Crippen molar-refractivity contribution in [3.8, 4) is 17.2 Å². The first-order valence-corrected chi connectivity index (χ1v) is 9.08. The van der Waals surface area contributed by atoms with E-state index >= 15 is 0 Å². The van der Waals surface area contributed by atoms with Gasteiger partial charge in [0.15, 0.2) is 5.82 Å². The van der Waals surface area contributed by atoms with Crippen LogP contribution >= 0.6 is 0 Å². The highest BCUT2D eigenvalue weighted by Gasteiger charge is 2.36. The lowest BCUT2D eigenvalue weighted by Gasteiger charge is -2.25. The minimum atomic E-state index is -0.292. The number of likely N-dealkylation sites (tertiary alicyclic amines) is 1. The number of aromatic nitrogens is 2. The summed E-state index contributed by atoms with van der Waals surface area (Å²) in [5, 5.41) is 4.08. The first kappa shape index (κ1) is 18.2. The largest absolute Gasteiger partial charge is 0.497 e. The molecule has 0 aliphatic carbocycles. The van der Waals surface area contributed by atoms with Gasteiger partial charge in [-0.05, 0) is 48.9 Å². The Hall–Kier alpha value is -3.22. The van der Waals surface area contributed by atoms with E-state index < -0.39 is 0 Å². The highest BCUT2D eigenvalue weighted by atomic mass is 19.1. The van der Waals surface area contributed by atoms with Crippen LogP contribution in [0.2, 0.25) is 0 Å². The molecule has 144 valence electrons. The van der Waals surface area contributed by atoms with Gasteiger partial charge in [-0.2, -0.15) is 4.98 Å². The number of benzene rings is 2. The molecule has 1 fully saturated rings. The summed E-state index contributed by atoms with van der Waals surface area (Å²) in [6.07, 6.45) is 0.327. The quantitative estimate of drug-likeness (QED) is 0.669. The lowest BCUT2D eigenvalue weighted by atomic mass is 10.1. The number of hydrogen-bond donors (Lipinski definition) is 0. The van der Waals surface area contributed by atoms with E-state index in [1.165, 1.54) is 12.1 Å². The molecule has 2 unspecified atom stereocenters. The summed E-state index contributed by atoms with van der Waals surface area (Å²) in [5.74, 6) is 1.28. The van der Waals surface area contributed by atoms with Gasteiger partial charge in [-0.15, -0.1) is 0 Å². The van der Waals surface area contributed by atoms with Crippen LogP contribution in [0, 0.1) is 5.82 Å². The number of ether oxygens (including phenoxy) is 1. The van der Waals surface area contributed by atoms with Gasteiger partial charge in [0.25, 0.3) is 5.89 Å². The Kier molecular flexibility index (Phi) is 4.81. The lowest BCUT2D eigenvalue weighted by molar-refractivity contribution is -0.129. The second-order valence-corrected chi connectivity index (χ2v) is 6.86. The van der Waals surface area contributed by atoms with E-state index in [9.17, 15) is 9.18 Å². The van der Waals surface area contributed by atoms with Crippen molar-refractivity contribution >= 4 is 5.91 Å². The fourth-order valence-corrected chi connectivity index (χ4v) is 3.45. The molecule has 0 spiro atoms. The number of rotatable bonds is 5. The number of hydrogen-bond acceptors (Lipinski definition) is 5. The summed E-state index contributed by atoms with van der Waals surface area (Å²) in [6.45, 7) is 2.44. The Morgan fingerprint density at radius 1 is 1.18 bits per heavy atom. The molecule has 0 bridgehead atoms. The number of carbonyl (C=O) groups is 1. The molecular weight excluding hydrogens is 361 g/mol. The fraction of sp³-hybridized carbons (Fsp3) is 0.286. The van der Waals surface area contributed by atoms with E-state index in [1.807, 2.05) is 31.2 Å². The van der Waals surface area contributed by atoms with Gasteiger partial charge in [0.05, 0.1) is 13.2 Å². The van der Waals surface area contributed by atoms with E-state index in [-0.39, 0.29) is 23.7 Å².